The highest BCUT2D eigenvalue weighted by Gasteiger charge is 2.24. The summed E-state index contributed by atoms with van der Waals surface area (Å²) in [4.78, 5) is 38.9. The van der Waals surface area contributed by atoms with Crippen LogP contribution in [0.4, 0.5) is 5.00 Å². The molecule has 1 N–H and O–H groups in total. The lowest BCUT2D eigenvalue weighted by Gasteiger charge is -2.14. The molecule has 2 heterocycles. The topological polar surface area (TPSA) is 99.5 Å². The van der Waals surface area contributed by atoms with Gasteiger partial charge in [-0.3, -0.25) is 9.59 Å². The zero-order valence-electron chi connectivity index (χ0n) is 18.3. The first-order valence-corrected chi connectivity index (χ1v) is 11.6. The van der Waals surface area contributed by atoms with Gasteiger partial charge in [0, 0.05) is 15.8 Å². The highest BCUT2D eigenvalue weighted by molar-refractivity contribution is 7.16. The van der Waals surface area contributed by atoms with E-state index < -0.39 is 23.5 Å². The summed E-state index contributed by atoms with van der Waals surface area (Å²) in [5.74, 6) is -0.578. The lowest BCUT2D eigenvalue weighted by Crippen LogP contribution is -2.31. The number of ether oxygens (including phenoxy) is 2. The van der Waals surface area contributed by atoms with Crippen molar-refractivity contribution in [1.82, 2.24) is 9.78 Å². The van der Waals surface area contributed by atoms with Gasteiger partial charge in [-0.2, -0.15) is 9.78 Å². The highest BCUT2D eigenvalue weighted by Crippen LogP contribution is 2.31. The minimum Gasteiger partial charge on any atom is -0.481 e. The first kappa shape index (κ1) is 23.5. The van der Waals surface area contributed by atoms with Gasteiger partial charge in [-0.1, -0.05) is 29.8 Å². The number of nitrogens with one attached hydrogen (secondary N) is 1. The first-order chi connectivity index (χ1) is 16.4. The molecular formula is C24H20ClN3O5S. The Balaban J connectivity index is 1.76. The fraction of sp³-hybridized carbons (Fsp3) is 0.167. The molecule has 2 aromatic carbocycles. The molecule has 1 amide bonds. The molecule has 0 saturated heterocycles. The minimum atomic E-state index is -0.829. The average molecular weight is 498 g/mol. The number of halogens is 1. The van der Waals surface area contributed by atoms with E-state index in [0.29, 0.717) is 21.8 Å². The molecule has 0 spiro atoms. The molecule has 1 atom stereocenters. The van der Waals surface area contributed by atoms with E-state index in [-0.39, 0.29) is 22.7 Å². The van der Waals surface area contributed by atoms with Crippen LogP contribution in [0.2, 0.25) is 5.02 Å². The van der Waals surface area contributed by atoms with E-state index in [0.717, 1.165) is 16.0 Å². The Bertz CT molecular complexity index is 1400. The molecule has 34 heavy (non-hydrogen) atoms. The quantitative estimate of drug-likeness (QED) is 0.372. The standard InChI is InChI=1S/C24H20ClN3O5S/c1-3-32-24(31)20-18-13-34-22(26-21(29)14(2)33-17-7-5-4-6-8-17)19(18)23(30)28(27-20)16-11-9-15(25)10-12-16/h4-14H,3H2,1-2H3,(H,26,29)/t14-/m1/s1. The SMILES string of the molecule is CCOC(=O)c1nn(-c2ccc(Cl)cc2)c(=O)c2c(NC(=O)[C@@H](C)Oc3ccccc3)scc12. The molecule has 0 fully saturated rings. The van der Waals surface area contributed by atoms with Crippen LogP contribution in [0.3, 0.4) is 0 Å². The summed E-state index contributed by atoms with van der Waals surface area (Å²) >= 11 is 7.09. The third kappa shape index (κ3) is 4.80. The molecule has 4 rings (SSSR count). The number of amides is 1. The summed E-state index contributed by atoms with van der Waals surface area (Å²) in [5.41, 5.74) is -0.124. The Morgan fingerprint density at radius 1 is 1.15 bits per heavy atom. The molecule has 4 aromatic rings. The number of thiophene rings is 1. The Labute approximate surface area is 203 Å². The van der Waals surface area contributed by atoms with Crippen LogP contribution in [0.25, 0.3) is 16.5 Å². The first-order valence-electron chi connectivity index (χ1n) is 10.4. The average Bonchev–Trinajstić information content (AvgIpc) is 3.25. The van der Waals surface area contributed by atoms with Crippen LogP contribution in [-0.4, -0.2) is 34.4 Å². The van der Waals surface area contributed by atoms with Crippen molar-refractivity contribution >= 4 is 50.6 Å². The van der Waals surface area contributed by atoms with Gasteiger partial charge in [0.1, 0.15) is 10.8 Å². The minimum absolute atomic E-state index is 0.0308. The summed E-state index contributed by atoms with van der Waals surface area (Å²) in [6.07, 6.45) is -0.829. The van der Waals surface area contributed by atoms with E-state index in [9.17, 15) is 14.4 Å². The van der Waals surface area contributed by atoms with E-state index in [1.807, 2.05) is 6.07 Å². The number of rotatable bonds is 7. The molecule has 0 aliphatic heterocycles. The van der Waals surface area contributed by atoms with Gasteiger partial charge in [-0.25, -0.2) is 4.79 Å². The second-order valence-corrected chi connectivity index (χ2v) is 8.49. The number of hydrogen-bond acceptors (Lipinski definition) is 7. The van der Waals surface area contributed by atoms with Gasteiger partial charge in [0.05, 0.1) is 17.7 Å². The smallest absolute Gasteiger partial charge is 0.359 e. The van der Waals surface area contributed by atoms with Gasteiger partial charge in [0.25, 0.3) is 11.5 Å². The van der Waals surface area contributed by atoms with Crippen LogP contribution in [-0.2, 0) is 9.53 Å². The van der Waals surface area contributed by atoms with Gasteiger partial charge >= 0.3 is 5.97 Å². The summed E-state index contributed by atoms with van der Waals surface area (Å²) < 4.78 is 11.9. The van der Waals surface area contributed by atoms with E-state index >= 15 is 0 Å². The molecule has 174 valence electrons. The van der Waals surface area contributed by atoms with Crippen molar-refractivity contribution in [3.8, 4) is 11.4 Å². The van der Waals surface area contributed by atoms with Crippen molar-refractivity contribution in [3.63, 3.8) is 0 Å². The third-order valence-electron chi connectivity index (χ3n) is 4.85. The number of carbonyl (C=O) groups is 2. The highest BCUT2D eigenvalue weighted by atomic mass is 35.5. The number of aromatic nitrogens is 2. The molecule has 0 bridgehead atoms. The summed E-state index contributed by atoms with van der Waals surface area (Å²) in [7, 11) is 0. The normalized spacial score (nSPS) is 11.7. The number of fused-ring (bicyclic) bond motifs is 1. The lowest BCUT2D eigenvalue weighted by molar-refractivity contribution is -0.122. The maximum Gasteiger partial charge on any atom is 0.359 e. The number of benzene rings is 2. The molecule has 8 nitrogen and oxygen atoms in total. The molecular weight excluding hydrogens is 478 g/mol. The van der Waals surface area contributed by atoms with Crippen molar-refractivity contribution < 1.29 is 19.1 Å². The molecule has 0 aliphatic rings. The molecule has 10 heteroatoms. The van der Waals surface area contributed by atoms with E-state index in [2.05, 4.69) is 10.4 Å². The number of hydrogen-bond donors (Lipinski definition) is 1. The second-order valence-electron chi connectivity index (χ2n) is 7.18. The monoisotopic (exact) mass is 497 g/mol. The third-order valence-corrected chi connectivity index (χ3v) is 6.00. The van der Waals surface area contributed by atoms with Crippen LogP contribution in [0, 0.1) is 0 Å². The van der Waals surface area contributed by atoms with Crippen LogP contribution in [0.5, 0.6) is 5.75 Å². The summed E-state index contributed by atoms with van der Waals surface area (Å²) in [6, 6.07) is 15.4. The summed E-state index contributed by atoms with van der Waals surface area (Å²) in [5, 5.41) is 9.82. The summed E-state index contributed by atoms with van der Waals surface area (Å²) in [6.45, 7) is 3.43. The predicted molar refractivity (Wildman–Crippen MR) is 131 cm³/mol. The Hall–Kier alpha value is -3.69. The number of para-hydroxylation sites is 1. The van der Waals surface area contributed by atoms with Crippen LogP contribution < -0.4 is 15.6 Å². The number of carbonyl (C=O) groups excluding carboxylic acids is 2. The number of nitrogens with zero attached hydrogens (tertiary/aromatic N) is 2. The zero-order valence-corrected chi connectivity index (χ0v) is 19.9. The van der Waals surface area contributed by atoms with Crippen molar-refractivity contribution in [2.45, 2.75) is 20.0 Å². The Morgan fingerprint density at radius 2 is 1.85 bits per heavy atom. The zero-order chi connectivity index (χ0) is 24.2. The largest absolute Gasteiger partial charge is 0.481 e. The van der Waals surface area contributed by atoms with Crippen molar-refractivity contribution in [3.05, 3.63) is 81.0 Å². The van der Waals surface area contributed by atoms with Crippen molar-refractivity contribution in [1.29, 1.82) is 0 Å². The van der Waals surface area contributed by atoms with Gasteiger partial charge in [0.15, 0.2) is 11.8 Å². The Kier molecular flexibility index (Phi) is 6.95. The fourth-order valence-corrected chi connectivity index (χ4v) is 4.29. The molecule has 0 saturated carbocycles. The van der Waals surface area contributed by atoms with Crippen molar-refractivity contribution in [2.24, 2.45) is 0 Å². The lowest BCUT2D eigenvalue weighted by atomic mass is 10.2. The number of anilines is 1. The molecule has 0 unspecified atom stereocenters. The van der Waals surface area contributed by atoms with Gasteiger partial charge < -0.3 is 14.8 Å². The van der Waals surface area contributed by atoms with E-state index in [1.54, 1.807) is 67.8 Å². The van der Waals surface area contributed by atoms with Crippen LogP contribution >= 0.6 is 22.9 Å². The molecule has 2 aromatic heterocycles. The molecule has 0 radical (unpaired) electrons. The van der Waals surface area contributed by atoms with Gasteiger partial charge in [-0.15, -0.1) is 11.3 Å². The predicted octanol–water partition coefficient (Wildman–Crippen LogP) is 4.68. The van der Waals surface area contributed by atoms with Crippen LogP contribution in [0.1, 0.15) is 24.3 Å². The molecule has 0 aliphatic carbocycles. The maximum absolute atomic E-state index is 13.4. The van der Waals surface area contributed by atoms with Gasteiger partial charge in [-0.05, 0) is 50.2 Å². The fourth-order valence-electron chi connectivity index (χ4n) is 3.22. The van der Waals surface area contributed by atoms with Gasteiger partial charge in [0.2, 0.25) is 0 Å². The number of esters is 1. The maximum atomic E-state index is 13.4. The van der Waals surface area contributed by atoms with E-state index in [4.69, 9.17) is 21.1 Å². The van der Waals surface area contributed by atoms with Crippen LogP contribution in [0.15, 0.2) is 64.8 Å². The second kappa shape index (κ2) is 10.1. The Morgan fingerprint density at radius 3 is 2.53 bits per heavy atom. The van der Waals surface area contributed by atoms with E-state index in [1.165, 1.54) is 0 Å². The van der Waals surface area contributed by atoms with Crippen molar-refractivity contribution in [2.75, 3.05) is 11.9 Å².